The first-order valence-electron chi connectivity index (χ1n) is 6.03. The summed E-state index contributed by atoms with van der Waals surface area (Å²) in [6.07, 6.45) is 0. The predicted octanol–water partition coefficient (Wildman–Crippen LogP) is 2.93. The van der Waals surface area contributed by atoms with Crippen molar-refractivity contribution >= 4 is 5.97 Å². The molecule has 0 aliphatic rings. The molecule has 0 amide bonds. The van der Waals surface area contributed by atoms with Gasteiger partial charge in [-0.15, -0.1) is 0 Å². The first-order valence-corrected chi connectivity index (χ1v) is 6.03. The van der Waals surface area contributed by atoms with Crippen molar-refractivity contribution in [2.24, 2.45) is 0 Å². The summed E-state index contributed by atoms with van der Waals surface area (Å²) in [7, 11) is 1.62. The second-order valence-electron chi connectivity index (χ2n) is 3.86. The molecule has 0 atom stereocenters. The monoisotopic (exact) mass is 257 g/mol. The zero-order valence-corrected chi connectivity index (χ0v) is 10.9. The van der Waals surface area contributed by atoms with E-state index in [9.17, 15) is 4.79 Å². The van der Waals surface area contributed by atoms with Crippen molar-refractivity contribution in [2.75, 3.05) is 13.7 Å². The van der Waals surface area contributed by atoms with E-state index in [4.69, 9.17) is 9.47 Å². The van der Waals surface area contributed by atoms with Gasteiger partial charge in [-0.25, -0.2) is 9.78 Å². The Balaban J connectivity index is 2.29. The lowest BCUT2D eigenvalue weighted by Gasteiger charge is -2.05. The van der Waals surface area contributed by atoms with Crippen molar-refractivity contribution in [1.29, 1.82) is 0 Å². The van der Waals surface area contributed by atoms with Crippen molar-refractivity contribution in [3.8, 4) is 17.0 Å². The summed E-state index contributed by atoms with van der Waals surface area (Å²) in [6, 6.07) is 12.8. The number of methoxy groups -OCH3 is 1. The minimum Gasteiger partial charge on any atom is -0.497 e. The van der Waals surface area contributed by atoms with E-state index in [2.05, 4.69) is 4.98 Å². The molecule has 4 nitrogen and oxygen atoms in total. The molecule has 1 aromatic carbocycles. The summed E-state index contributed by atoms with van der Waals surface area (Å²) in [6.45, 7) is 2.11. The number of hydrogen-bond donors (Lipinski definition) is 0. The standard InChI is InChI=1S/C15H15NO3/c1-3-19-15(17)14-6-4-5-13(16-14)11-7-9-12(18-2)10-8-11/h4-10H,3H2,1-2H3. The summed E-state index contributed by atoms with van der Waals surface area (Å²) < 4.78 is 10.0. The predicted molar refractivity (Wildman–Crippen MR) is 72.2 cm³/mol. The number of carbonyl (C=O) groups is 1. The molecule has 19 heavy (non-hydrogen) atoms. The van der Waals surface area contributed by atoms with E-state index < -0.39 is 5.97 Å². The highest BCUT2D eigenvalue weighted by atomic mass is 16.5. The van der Waals surface area contributed by atoms with Crippen molar-refractivity contribution in [1.82, 2.24) is 4.98 Å². The molecular weight excluding hydrogens is 242 g/mol. The average molecular weight is 257 g/mol. The number of benzene rings is 1. The van der Waals surface area contributed by atoms with Crippen molar-refractivity contribution in [3.63, 3.8) is 0 Å². The molecular formula is C15H15NO3. The maximum absolute atomic E-state index is 11.6. The number of rotatable bonds is 4. The molecule has 1 heterocycles. The molecule has 0 radical (unpaired) electrons. The summed E-state index contributed by atoms with van der Waals surface area (Å²) in [5.41, 5.74) is 1.97. The van der Waals surface area contributed by atoms with Gasteiger partial charge in [-0.05, 0) is 43.3 Å². The van der Waals surface area contributed by atoms with Gasteiger partial charge in [-0.1, -0.05) is 6.07 Å². The number of ether oxygens (including phenoxy) is 2. The lowest BCUT2D eigenvalue weighted by molar-refractivity contribution is 0.0519. The molecule has 2 rings (SSSR count). The van der Waals surface area contributed by atoms with Crippen LogP contribution in [0, 0.1) is 0 Å². The van der Waals surface area contributed by atoms with Crippen molar-refractivity contribution in [2.45, 2.75) is 6.92 Å². The minimum absolute atomic E-state index is 0.315. The Morgan fingerprint density at radius 3 is 2.53 bits per heavy atom. The Morgan fingerprint density at radius 2 is 1.89 bits per heavy atom. The van der Waals surface area contributed by atoms with Crippen LogP contribution in [0.3, 0.4) is 0 Å². The smallest absolute Gasteiger partial charge is 0.356 e. The Bertz CT molecular complexity index is 564. The van der Waals surface area contributed by atoms with Gasteiger partial charge in [0.1, 0.15) is 11.4 Å². The Kier molecular flexibility index (Phi) is 4.13. The molecule has 0 bridgehead atoms. The number of carbonyl (C=O) groups excluding carboxylic acids is 1. The van der Waals surface area contributed by atoms with Gasteiger partial charge in [0.15, 0.2) is 0 Å². The van der Waals surface area contributed by atoms with Gasteiger partial charge in [0, 0.05) is 5.56 Å². The first-order chi connectivity index (χ1) is 9.24. The fourth-order valence-corrected chi connectivity index (χ4v) is 1.68. The lowest BCUT2D eigenvalue weighted by atomic mass is 10.1. The van der Waals surface area contributed by atoms with Gasteiger partial charge in [-0.2, -0.15) is 0 Å². The molecule has 0 aliphatic heterocycles. The quantitative estimate of drug-likeness (QED) is 0.790. The first kappa shape index (κ1) is 13.1. The van der Waals surface area contributed by atoms with Gasteiger partial charge in [0.2, 0.25) is 0 Å². The summed E-state index contributed by atoms with van der Waals surface area (Å²) in [5, 5.41) is 0. The summed E-state index contributed by atoms with van der Waals surface area (Å²) >= 11 is 0. The van der Waals surface area contributed by atoms with E-state index in [0.29, 0.717) is 12.3 Å². The maximum atomic E-state index is 11.6. The zero-order chi connectivity index (χ0) is 13.7. The Hall–Kier alpha value is -2.36. The number of nitrogens with zero attached hydrogens (tertiary/aromatic N) is 1. The summed E-state index contributed by atoms with van der Waals surface area (Å²) in [4.78, 5) is 15.9. The van der Waals surface area contributed by atoms with Crippen molar-refractivity contribution < 1.29 is 14.3 Å². The Labute approximate surface area is 112 Å². The largest absolute Gasteiger partial charge is 0.497 e. The van der Waals surface area contributed by atoms with Gasteiger partial charge in [-0.3, -0.25) is 0 Å². The lowest BCUT2D eigenvalue weighted by Crippen LogP contribution is -2.07. The molecule has 0 unspecified atom stereocenters. The second-order valence-corrected chi connectivity index (χ2v) is 3.86. The maximum Gasteiger partial charge on any atom is 0.356 e. The SMILES string of the molecule is CCOC(=O)c1cccc(-c2ccc(OC)cc2)n1. The van der Waals surface area contributed by atoms with E-state index in [1.165, 1.54) is 0 Å². The van der Waals surface area contributed by atoms with Gasteiger partial charge in [0.05, 0.1) is 19.4 Å². The van der Waals surface area contributed by atoms with Crippen LogP contribution in [0.25, 0.3) is 11.3 Å². The van der Waals surface area contributed by atoms with Gasteiger partial charge >= 0.3 is 5.97 Å². The normalized spacial score (nSPS) is 10.0. The van der Waals surface area contributed by atoms with Crippen LogP contribution in [-0.4, -0.2) is 24.7 Å². The third-order valence-corrected chi connectivity index (χ3v) is 2.62. The van der Waals surface area contributed by atoms with Crippen LogP contribution in [0.4, 0.5) is 0 Å². The van der Waals surface area contributed by atoms with E-state index >= 15 is 0 Å². The highest BCUT2D eigenvalue weighted by Crippen LogP contribution is 2.20. The third kappa shape index (κ3) is 3.10. The molecule has 1 aromatic heterocycles. The van der Waals surface area contributed by atoms with Crippen LogP contribution in [0.1, 0.15) is 17.4 Å². The Morgan fingerprint density at radius 1 is 1.16 bits per heavy atom. The second kappa shape index (κ2) is 6.00. The minimum atomic E-state index is -0.405. The van der Waals surface area contributed by atoms with E-state index in [0.717, 1.165) is 17.0 Å². The van der Waals surface area contributed by atoms with E-state index in [-0.39, 0.29) is 0 Å². The molecule has 4 heteroatoms. The number of pyridine rings is 1. The molecule has 0 spiro atoms. The zero-order valence-electron chi connectivity index (χ0n) is 10.9. The van der Waals surface area contributed by atoms with E-state index in [1.807, 2.05) is 30.3 Å². The number of aromatic nitrogens is 1. The van der Waals surface area contributed by atoms with Crippen LogP contribution in [-0.2, 0) is 4.74 Å². The fraction of sp³-hybridized carbons (Fsp3) is 0.200. The molecule has 0 aliphatic carbocycles. The van der Waals surface area contributed by atoms with Crippen LogP contribution in [0.2, 0.25) is 0 Å². The van der Waals surface area contributed by atoms with Gasteiger partial charge < -0.3 is 9.47 Å². The summed E-state index contributed by atoms with van der Waals surface area (Å²) in [5.74, 6) is 0.378. The molecule has 0 saturated carbocycles. The van der Waals surface area contributed by atoms with Gasteiger partial charge in [0.25, 0.3) is 0 Å². The van der Waals surface area contributed by atoms with E-state index in [1.54, 1.807) is 26.2 Å². The highest BCUT2D eigenvalue weighted by molar-refractivity contribution is 5.87. The molecule has 0 fully saturated rings. The van der Waals surface area contributed by atoms with Crippen molar-refractivity contribution in [3.05, 3.63) is 48.2 Å². The molecule has 98 valence electrons. The van der Waals surface area contributed by atoms with Crippen LogP contribution < -0.4 is 4.74 Å². The van der Waals surface area contributed by atoms with Crippen LogP contribution >= 0.6 is 0 Å². The number of hydrogen-bond acceptors (Lipinski definition) is 4. The highest BCUT2D eigenvalue weighted by Gasteiger charge is 2.09. The fourth-order valence-electron chi connectivity index (χ4n) is 1.68. The molecule has 2 aromatic rings. The molecule has 0 saturated heterocycles. The van der Waals surface area contributed by atoms with Crippen LogP contribution in [0.15, 0.2) is 42.5 Å². The molecule has 0 N–H and O–H groups in total. The van der Waals surface area contributed by atoms with Crippen LogP contribution in [0.5, 0.6) is 5.75 Å². The number of esters is 1. The third-order valence-electron chi connectivity index (χ3n) is 2.62. The average Bonchev–Trinajstić information content (AvgIpc) is 2.48. The topological polar surface area (TPSA) is 48.4 Å².